The minimum atomic E-state index is -0.225. The summed E-state index contributed by atoms with van der Waals surface area (Å²) < 4.78 is 16.1. The van der Waals surface area contributed by atoms with Gasteiger partial charge in [-0.25, -0.2) is 0 Å². The molecule has 0 bridgehead atoms. The van der Waals surface area contributed by atoms with Gasteiger partial charge in [0.2, 0.25) is 0 Å². The van der Waals surface area contributed by atoms with Crippen LogP contribution in [0.5, 0.6) is 11.5 Å². The van der Waals surface area contributed by atoms with E-state index < -0.39 is 0 Å². The molecule has 110 valence electrons. The fraction of sp³-hybridized carbons (Fsp3) is 0.267. The van der Waals surface area contributed by atoms with Gasteiger partial charge in [0.1, 0.15) is 13.2 Å². The lowest BCUT2D eigenvalue weighted by Crippen LogP contribution is -2.26. The third-order valence-corrected chi connectivity index (χ3v) is 3.36. The Bertz CT molecular complexity index is 667. The summed E-state index contributed by atoms with van der Waals surface area (Å²) in [4.78, 5) is 13.7. The number of benzene rings is 1. The van der Waals surface area contributed by atoms with Gasteiger partial charge in [0.05, 0.1) is 0 Å². The molecule has 1 aromatic carbocycles. The van der Waals surface area contributed by atoms with Crippen molar-refractivity contribution in [3.05, 3.63) is 46.9 Å². The maximum absolute atomic E-state index is 12.2. The zero-order chi connectivity index (χ0) is 14.8. The molecule has 1 aliphatic rings. The van der Waals surface area contributed by atoms with Gasteiger partial charge >= 0.3 is 0 Å². The smallest absolute Gasteiger partial charge is 0.289 e. The van der Waals surface area contributed by atoms with Crippen LogP contribution in [-0.2, 0) is 6.54 Å². The number of furan rings is 1. The van der Waals surface area contributed by atoms with Crippen LogP contribution in [0, 0.1) is 0 Å². The molecule has 5 nitrogen and oxygen atoms in total. The van der Waals surface area contributed by atoms with E-state index in [9.17, 15) is 4.79 Å². The second-order valence-electron chi connectivity index (χ2n) is 4.74. The average Bonchev–Trinajstić information content (AvgIpc) is 2.93. The van der Waals surface area contributed by atoms with Crippen LogP contribution in [0.3, 0.4) is 0 Å². The molecule has 0 N–H and O–H groups in total. The van der Waals surface area contributed by atoms with Gasteiger partial charge in [0.25, 0.3) is 5.91 Å². The predicted octanol–water partition coefficient (Wildman–Crippen LogP) is 2.98. The molecule has 0 saturated heterocycles. The van der Waals surface area contributed by atoms with Crippen molar-refractivity contribution in [3.63, 3.8) is 0 Å². The standard InChI is InChI=1S/C15H14ClNO4/c1-17(15(18)12-4-5-14(16)21-12)9-10-2-3-11-13(8-10)20-7-6-19-11/h2-5,8H,6-7,9H2,1H3. The largest absolute Gasteiger partial charge is 0.486 e. The number of amides is 1. The summed E-state index contributed by atoms with van der Waals surface area (Å²) in [7, 11) is 1.70. The van der Waals surface area contributed by atoms with E-state index in [0.29, 0.717) is 25.5 Å². The average molecular weight is 308 g/mol. The number of halogens is 1. The number of hydrogen-bond donors (Lipinski definition) is 0. The molecular formula is C15H14ClNO4. The van der Waals surface area contributed by atoms with Crippen molar-refractivity contribution in [2.75, 3.05) is 20.3 Å². The maximum Gasteiger partial charge on any atom is 0.289 e. The first kappa shape index (κ1) is 13.8. The molecule has 0 spiro atoms. The Labute approximate surface area is 127 Å². The molecule has 0 fully saturated rings. The zero-order valence-corrected chi connectivity index (χ0v) is 12.2. The normalized spacial score (nSPS) is 13.0. The van der Waals surface area contributed by atoms with Gasteiger partial charge < -0.3 is 18.8 Å². The number of rotatable bonds is 3. The van der Waals surface area contributed by atoms with Crippen LogP contribution in [0.4, 0.5) is 0 Å². The Morgan fingerprint density at radius 1 is 1.19 bits per heavy atom. The van der Waals surface area contributed by atoms with Crippen molar-refractivity contribution in [2.24, 2.45) is 0 Å². The lowest BCUT2D eigenvalue weighted by atomic mass is 10.2. The molecule has 2 heterocycles. The topological polar surface area (TPSA) is 51.9 Å². The zero-order valence-electron chi connectivity index (χ0n) is 11.5. The molecule has 3 rings (SSSR count). The number of nitrogens with zero attached hydrogens (tertiary/aromatic N) is 1. The van der Waals surface area contributed by atoms with Crippen LogP contribution in [0.25, 0.3) is 0 Å². The van der Waals surface area contributed by atoms with Gasteiger partial charge in [-0.2, -0.15) is 0 Å². The van der Waals surface area contributed by atoms with Gasteiger partial charge in [-0.15, -0.1) is 0 Å². The second-order valence-corrected chi connectivity index (χ2v) is 5.12. The number of fused-ring (bicyclic) bond motifs is 1. The van der Waals surface area contributed by atoms with E-state index in [1.54, 1.807) is 24.1 Å². The van der Waals surface area contributed by atoms with Gasteiger partial charge in [-0.1, -0.05) is 6.07 Å². The molecule has 0 saturated carbocycles. The Balaban J connectivity index is 1.72. The van der Waals surface area contributed by atoms with E-state index in [0.717, 1.165) is 11.3 Å². The molecule has 6 heteroatoms. The molecule has 0 unspecified atom stereocenters. The van der Waals surface area contributed by atoms with Crippen molar-refractivity contribution in [1.29, 1.82) is 0 Å². The highest BCUT2D eigenvalue weighted by atomic mass is 35.5. The lowest BCUT2D eigenvalue weighted by molar-refractivity contribution is 0.0753. The highest BCUT2D eigenvalue weighted by Gasteiger charge is 2.17. The summed E-state index contributed by atoms with van der Waals surface area (Å²) >= 11 is 5.68. The van der Waals surface area contributed by atoms with Gasteiger partial charge in [0.15, 0.2) is 22.5 Å². The van der Waals surface area contributed by atoms with Gasteiger partial charge in [0, 0.05) is 13.6 Å². The third kappa shape index (κ3) is 2.97. The van der Waals surface area contributed by atoms with Crippen molar-refractivity contribution < 1.29 is 18.7 Å². The fourth-order valence-electron chi connectivity index (χ4n) is 2.15. The summed E-state index contributed by atoms with van der Waals surface area (Å²) in [5.74, 6) is 1.44. The minimum absolute atomic E-state index is 0.200. The third-order valence-electron chi connectivity index (χ3n) is 3.16. The highest BCUT2D eigenvalue weighted by molar-refractivity contribution is 6.29. The summed E-state index contributed by atoms with van der Waals surface area (Å²) in [6.45, 7) is 1.54. The number of carbonyl (C=O) groups excluding carboxylic acids is 1. The monoisotopic (exact) mass is 307 g/mol. The molecule has 2 aromatic rings. The molecule has 1 aliphatic heterocycles. The lowest BCUT2D eigenvalue weighted by Gasteiger charge is -2.20. The number of hydrogen-bond acceptors (Lipinski definition) is 4. The molecular weight excluding hydrogens is 294 g/mol. The van der Waals surface area contributed by atoms with Gasteiger partial charge in [-0.05, 0) is 41.4 Å². The Hall–Kier alpha value is -2.14. The van der Waals surface area contributed by atoms with Crippen LogP contribution in [-0.4, -0.2) is 31.1 Å². The predicted molar refractivity (Wildman–Crippen MR) is 76.9 cm³/mol. The molecule has 1 aromatic heterocycles. The van der Waals surface area contributed by atoms with Crippen molar-refractivity contribution in [3.8, 4) is 11.5 Å². The van der Waals surface area contributed by atoms with E-state index in [4.69, 9.17) is 25.5 Å². The van der Waals surface area contributed by atoms with E-state index >= 15 is 0 Å². The van der Waals surface area contributed by atoms with Gasteiger partial charge in [-0.3, -0.25) is 4.79 Å². The van der Waals surface area contributed by atoms with Crippen LogP contribution < -0.4 is 9.47 Å². The molecule has 0 aliphatic carbocycles. The second kappa shape index (κ2) is 5.69. The Kier molecular flexibility index (Phi) is 3.75. The van der Waals surface area contributed by atoms with E-state index in [2.05, 4.69) is 0 Å². The van der Waals surface area contributed by atoms with Crippen molar-refractivity contribution in [1.82, 2.24) is 4.90 Å². The first-order valence-corrected chi connectivity index (χ1v) is 6.90. The van der Waals surface area contributed by atoms with E-state index in [1.807, 2.05) is 18.2 Å². The van der Waals surface area contributed by atoms with Crippen LogP contribution in [0.15, 0.2) is 34.7 Å². The van der Waals surface area contributed by atoms with E-state index in [-0.39, 0.29) is 16.9 Å². The maximum atomic E-state index is 12.2. The van der Waals surface area contributed by atoms with Crippen molar-refractivity contribution >= 4 is 17.5 Å². The molecule has 0 radical (unpaired) electrons. The molecule has 1 amide bonds. The highest BCUT2D eigenvalue weighted by Crippen LogP contribution is 2.31. The Morgan fingerprint density at radius 3 is 2.67 bits per heavy atom. The number of carbonyl (C=O) groups is 1. The summed E-state index contributed by atoms with van der Waals surface area (Å²) in [5.41, 5.74) is 0.952. The first-order chi connectivity index (χ1) is 10.1. The van der Waals surface area contributed by atoms with E-state index in [1.165, 1.54) is 0 Å². The SMILES string of the molecule is CN(Cc1ccc2c(c1)OCCO2)C(=O)c1ccc(Cl)o1. The minimum Gasteiger partial charge on any atom is -0.486 e. The summed E-state index contributed by atoms with van der Waals surface area (Å²) in [6, 6.07) is 8.75. The van der Waals surface area contributed by atoms with Crippen LogP contribution in [0.1, 0.15) is 16.1 Å². The molecule has 0 atom stereocenters. The summed E-state index contributed by atoms with van der Waals surface area (Å²) in [5, 5.41) is 0.200. The van der Waals surface area contributed by atoms with Crippen LogP contribution >= 0.6 is 11.6 Å². The first-order valence-electron chi connectivity index (χ1n) is 6.53. The van der Waals surface area contributed by atoms with Crippen molar-refractivity contribution in [2.45, 2.75) is 6.54 Å². The number of ether oxygens (including phenoxy) is 2. The molecule has 21 heavy (non-hydrogen) atoms. The van der Waals surface area contributed by atoms with Crippen LogP contribution in [0.2, 0.25) is 5.22 Å². The summed E-state index contributed by atoms with van der Waals surface area (Å²) in [6.07, 6.45) is 0. The quantitative estimate of drug-likeness (QED) is 0.875. The fourth-order valence-corrected chi connectivity index (χ4v) is 2.30. The Morgan fingerprint density at radius 2 is 1.95 bits per heavy atom.